The lowest BCUT2D eigenvalue weighted by molar-refractivity contribution is 0.0685. The molecule has 0 fully saturated rings. The highest BCUT2D eigenvalue weighted by atomic mass is 16.5. The molecule has 0 bridgehead atoms. The van der Waals surface area contributed by atoms with Crippen LogP contribution in [0.15, 0.2) is 9.59 Å². The average molecular weight is 245 g/mol. The quantitative estimate of drug-likeness (QED) is 0.721. The van der Waals surface area contributed by atoms with Crippen LogP contribution < -0.4 is 11.2 Å². The van der Waals surface area contributed by atoms with Crippen molar-refractivity contribution in [2.45, 2.75) is 13.8 Å². The summed E-state index contributed by atoms with van der Waals surface area (Å²) in [7, 11) is 1.24. The van der Waals surface area contributed by atoms with Crippen LogP contribution >= 0.6 is 0 Å². The minimum atomic E-state index is -1.47. The van der Waals surface area contributed by atoms with Crippen molar-refractivity contribution >= 4 is 5.97 Å². The summed E-state index contributed by atoms with van der Waals surface area (Å²) in [5.41, 5.74) is -2.44. The zero-order valence-corrected chi connectivity index (χ0v) is 9.89. The third-order valence-electron chi connectivity index (χ3n) is 1.59. The summed E-state index contributed by atoms with van der Waals surface area (Å²) in [6.07, 6.45) is 0. The molecule has 0 saturated heterocycles. The van der Waals surface area contributed by atoms with Crippen LogP contribution in [-0.4, -0.2) is 39.1 Å². The summed E-state index contributed by atoms with van der Waals surface area (Å²) < 4.78 is 5.57. The molecule has 17 heavy (non-hydrogen) atoms. The molecule has 0 amide bonds. The Labute approximate surface area is 96.9 Å². The van der Waals surface area contributed by atoms with Gasteiger partial charge in [0.2, 0.25) is 5.69 Å². The molecular weight excluding hydrogens is 230 g/mol. The Morgan fingerprint density at radius 2 is 1.94 bits per heavy atom. The van der Waals surface area contributed by atoms with Crippen LogP contribution in [0.2, 0.25) is 0 Å². The molecule has 2 N–H and O–H groups in total. The van der Waals surface area contributed by atoms with Crippen LogP contribution in [-0.2, 0) is 11.8 Å². The second-order valence-corrected chi connectivity index (χ2v) is 2.82. The van der Waals surface area contributed by atoms with Crippen molar-refractivity contribution in [3.05, 3.63) is 26.5 Å². The number of rotatable bonds is 3. The number of carboxylic acids is 1. The highest BCUT2D eigenvalue weighted by Gasteiger charge is 2.11. The molecule has 1 heterocycles. The Morgan fingerprint density at radius 1 is 1.41 bits per heavy atom. The highest BCUT2D eigenvalue weighted by molar-refractivity contribution is 5.84. The maximum absolute atomic E-state index is 10.7. The predicted molar refractivity (Wildman–Crippen MR) is 59.2 cm³/mol. The summed E-state index contributed by atoms with van der Waals surface area (Å²) >= 11 is 0. The monoisotopic (exact) mass is 245 g/mol. The van der Waals surface area contributed by atoms with E-state index in [0.29, 0.717) is 0 Å². The van der Waals surface area contributed by atoms with Crippen molar-refractivity contribution in [1.29, 1.82) is 0 Å². The number of ether oxygens (including phenoxy) is 1. The molecular formula is C9H15N3O5. The Hall–Kier alpha value is -1.96. The number of nitrogens with zero attached hydrogens (tertiary/aromatic N) is 2. The van der Waals surface area contributed by atoms with Gasteiger partial charge < -0.3 is 9.84 Å². The van der Waals surface area contributed by atoms with Gasteiger partial charge >= 0.3 is 11.7 Å². The number of aromatic carboxylic acids is 1. The maximum atomic E-state index is 10.7. The number of hydrogen-bond acceptors (Lipinski definition) is 5. The molecule has 1 rings (SSSR count). The molecule has 96 valence electrons. The zero-order valence-electron chi connectivity index (χ0n) is 9.89. The van der Waals surface area contributed by atoms with E-state index in [1.807, 2.05) is 13.8 Å². The molecule has 0 aliphatic carbocycles. The van der Waals surface area contributed by atoms with Crippen molar-refractivity contribution in [3.8, 4) is 0 Å². The van der Waals surface area contributed by atoms with Gasteiger partial charge in [0.1, 0.15) is 0 Å². The second kappa shape index (κ2) is 7.34. The first-order valence-corrected chi connectivity index (χ1v) is 4.92. The first-order chi connectivity index (χ1) is 7.93. The van der Waals surface area contributed by atoms with Gasteiger partial charge in [0.05, 0.1) is 0 Å². The molecule has 0 aliphatic heterocycles. The molecule has 1 aromatic rings. The molecule has 0 aromatic carbocycles. The molecule has 0 unspecified atom stereocenters. The van der Waals surface area contributed by atoms with Crippen LogP contribution in [0.1, 0.15) is 24.3 Å². The van der Waals surface area contributed by atoms with Gasteiger partial charge in [-0.3, -0.25) is 9.78 Å². The smallest absolute Gasteiger partial charge is 0.362 e. The van der Waals surface area contributed by atoms with E-state index >= 15 is 0 Å². The molecule has 1 aromatic heterocycles. The second-order valence-electron chi connectivity index (χ2n) is 2.82. The largest absolute Gasteiger partial charge is 0.476 e. The number of aromatic nitrogens is 3. The van der Waals surface area contributed by atoms with Crippen molar-refractivity contribution in [1.82, 2.24) is 14.8 Å². The third-order valence-corrected chi connectivity index (χ3v) is 1.59. The zero-order chi connectivity index (χ0) is 13.4. The number of aryl methyl sites for hydroxylation is 1. The number of carbonyl (C=O) groups is 1. The SMILES string of the molecule is CCOCC.Cn1nc(C(=O)O)c(=O)[nH]c1=O. The summed E-state index contributed by atoms with van der Waals surface area (Å²) in [4.78, 5) is 33.5. The van der Waals surface area contributed by atoms with Gasteiger partial charge in [0.15, 0.2) is 0 Å². The summed E-state index contributed by atoms with van der Waals surface area (Å²) in [6.45, 7) is 5.67. The van der Waals surface area contributed by atoms with E-state index in [2.05, 4.69) is 5.10 Å². The number of nitrogens with one attached hydrogen (secondary N) is 1. The lowest BCUT2D eigenvalue weighted by Gasteiger charge is -1.94. The minimum Gasteiger partial charge on any atom is -0.476 e. The van der Waals surface area contributed by atoms with Crippen LogP contribution in [0.3, 0.4) is 0 Å². The van der Waals surface area contributed by atoms with Gasteiger partial charge in [0, 0.05) is 20.3 Å². The van der Waals surface area contributed by atoms with Crippen LogP contribution in [0.4, 0.5) is 0 Å². The number of aromatic amines is 1. The van der Waals surface area contributed by atoms with E-state index in [9.17, 15) is 14.4 Å². The standard InChI is InChI=1S/C5H5N3O4.C4H10O/c1-8-5(12)6-3(9)2(7-8)4(10)11;1-3-5-4-2/h1H3,(H,10,11)(H,6,9,12);3-4H2,1-2H3. The topological polar surface area (TPSA) is 114 Å². The van der Waals surface area contributed by atoms with Gasteiger partial charge in [-0.1, -0.05) is 0 Å². The van der Waals surface area contributed by atoms with E-state index in [4.69, 9.17) is 9.84 Å². The van der Waals surface area contributed by atoms with Gasteiger partial charge in [0.25, 0.3) is 5.56 Å². The number of H-pyrrole nitrogens is 1. The normalized spacial score (nSPS) is 9.35. The predicted octanol–water partition coefficient (Wildman–Crippen LogP) is -0.790. The van der Waals surface area contributed by atoms with Crippen LogP contribution in [0.25, 0.3) is 0 Å². The molecule has 8 heteroatoms. The van der Waals surface area contributed by atoms with E-state index in [-0.39, 0.29) is 0 Å². The first kappa shape index (κ1) is 15.0. The molecule has 0 radical (unpaired) electrons. The summed E-state index contributed by atoms with van der Waals surface area (Å²) in [6, 6.07) is 0. The molecule has 0 saturated carbocycles. The Kier molecular flexibility index (Phi) is 6.49. The Morgan fingerprint density at radius 3 is 2.29 bits per heavy atom. The molecule has 8 nitrogen and oxygen atoms in total. The first-order valence-electron chi connectivity index (χ1n) is 4.92. The average Bonchev–Trinajstić information content (AvgIpc) is 2.25. The number of hydrogen-bond donors (Lipinski definition) is 2. The lowest BCUT2D eigenvalue weighted by Crippen LogP contribution is -2.34. The van der Waals surface area contributed by atoms with Gasteiger partial charge in [-0.25, -0.2) is 14.3 Å². The maximum Gasteiger partial charge on any atom is 0.362 e. The fourth-order valence-electron chi connectivity index (χ4n) is 0.822. The Balaban J connectivity index is 0.000000437. The lowest BCUT2D eigenvalue weighted by atomic mass is 10.5. The highest BCUT2D eigenvalue weighted by Crippen LogP contribution is 1.77. The van der Waals surface area contributed by atoms with E-state index in [1.54, 1.807) is 4.98 Å². The minimum absolute atomic E-state index is 0.697. The number of carboxylic acid groups (broad SMARTS) is 1. The van der Waals surface area contributed by atoms with Gasteiger partial charge in [-0.15, -0.1) is 0 Å². The Bertz CT molecular complexity index is 474. The fraction of sp³-hybridized carbons (Fsp3) is 0.556. The van der Waals surface area contributed by atoms with Crippen molar-refractivity contribution in [3.63, 3.8) is 0 Å². The van der Waals surface area contributed by atoms with Gasteiger partial charge in [-0.05, 0) is 13.8 Å². The van der Waals surface area contributed by atoms with E-state index in [1.165, 1.54) is 7.05 Å². The molecule has 0 aliphatic rings. The molecule has 0 atom stereocenters. The molecule has 0 spiro atoms. The van der Waals surface area contributed by atoms with Crippen LogP contribution in [0, 0.1) is 0 Å². The van der Waals surface area contributed by atoms with Crippen molar-refractivity contribution < 1.29 is 14.6 Å². The summed E-state index contributed by atoms with van der Waals surface area (Å²) in [5.74, 6) is -1.47. The van der Waals surface area contributed by atoms with Gasteiger partial charge in [-0.2, -0.15) is 5.10 Å². The van der Waals surface area contributed by atoms with E-state index < -0.39 is 22.9 Å². The summed E-state index contributed by atoms with van der Waals surface area (Å²) in [5, 5.41) is 11.6. The third kappa shape index (κ3) is 5.07. The van der Waals surface area contributed by atoms with Crippen molar-refractivity contribution in [2.75, 3.05) is 13.2 Å². The fourth-order valence-corrected chi connectivity index (χ4v) is 0.822. The van der Waals surface area contributed by atoms with Crippen molar-refractivity contribution in [2.24, 2.45) is 7.05 Å². The van der Waals surface area contributed by atoms with Crippen LogP contribution in [0.5, 0.6) is 0 Å². The van der Waals surface area contributed by atoms with E-state index in [0.717, 1.165) is 17.9 Å².